The van der Waals surface area contributed by atoms with Crippen LogP contribution in [-0.2, 0) is 11.8 Å². The second-order valence-electron chi connectivity index (χ2n) is 6.89. The zero-order valence-corrected chi connectivity index (χ0v) is 16.8. The standard InChI is InChI=1S/C19H13FN6.C2HF3O2/c1-26-10-12(7-24-26)17-14(20)8-23-19-18(17)13-5-15(22-9-16(13)25-19)11-3-2-4-21-6-11;3-2(4,5)1(6)7/h2-10H,1H3,(H,23,25);(H,6,7). The quantitative estimate of drug-likeness (QED) is 0.381. The number of carboxylic acids is 1. The molecule has 2 N–H and O–H groups in total. The molecule has 0 spiro atoms. The van der Waals surface area contributed by atoms with Gasteiger partial charge in [-0.1, -0.05) is 0 Å². The molecule has 0 radical (unpaired) electrons. The Balaban J connectivity index is 0.000000325. The average molecular weight is 458 g/mol. The highest BCUT2D eigenvalue weighted by Crippen LogP contribution is 2.36. The van der Waals surface area contributed by atoms with Crippen molar-refractivity contribution < 1.29 is 27.5 Å². The Morgan fingerprint density at radius 2 is 1.88 bits per heavy atom. The Hall–Kier alpha value is -4.35. The number of pyridine rings is 3. The van der Waals surface area contributed by atoms with Crippen LogP contribution in [-0.4, -0.2) is 47.0 Å². The summed E-state index contributed by atoms with van der Waals surface area (Å²) in [4.78, 5) is 25.0. The lowest BCUT2D eigenvalue weighted by Crippen LogP contribution is -2.21. The summed E-state index contributed by atoms with van der Waals surface area (Å²) in [5.74, 6) is -3.14. The van der Waals surface area contributed by atoms with Gasteiger partial charge in [0.2, 0.25) is 0 Å². The lowest BCUT2D eigenvalue weighted by atomic mass is 10.0. The van der Waals surface area contributed by atoms with Crippen molar-refractivity contribution in [2.45, 2.75) is 6.18 Å². The average Bonchev–Trinajstić information content (AvgIpc) is 3.37. The Labute approximate surface area is 182 Å². The molecule has 0 aliphatic carbocycles. The second kappa shape index (κ2) is 8.30. The van der Waals surface area contributed by atoms with Crippen LogP contribution in [0.5, 0.6) is 0 Å². The number of nitrogens with one attached hydrogen (secondary N) is 1. The molecule has 0 amide bonds. The number of aryl methyl sites for hydroxylation is 1. The van der Waals surface area contributed by atoms with Gasteiger partial charge in [0, 0.05) is 53.1 Å². The molecule has 168 valence electrons. The zero-order valence-electron chi connectivity index (χ0n) is 16.8. The Morgan fingerprint density at radius 3 is 2.48 bits per heavy atom. The molecule has 5 rings (SSSR count). The fraction of sp³-hybridized carbons (Fsp3) is 0.0952. The third kappa shape index (κ3) is 4.35. The summed E-state index contributed by atoms with van der Waals surface area (Å²) in [6.07, 6.45) is 4.80. The molecule has 5 aromatic heterocycles. The van der Waals surface area contributed by atoms with Gasteiger partial charge >= 0.3 is 12.1 Å². The molecule has 0 fully saturated rings. The number of halogens is 4. The molecule has 5 aromatic rings. The van der Waals surface area contributed by atoms with Crippen LogP contribution in [0.3, 0.4) is 0 Å². The van der Waals surface area contributed by atoms with Crippen molar-refractivity contribution in [2.75, 3.05) is 0 Å². The van der Waals surface area contributed by atoms with E-state index in [9.17, 15) is 17.6 Å². The molecule has 8 nitrogen and oxygen atoms in total. The molecular weight excluding hydrogens is 444 g/mol. The van der Waals surface area contributed by atoms with Gasteiger partial charge in [-0.3, -0.25) is 14.6 Å². The van der Waals surface area contributed by atoms with Crippen LogP contribution >= 0.6 is 0 Å². The minimum Gasteiger partial charge on any atom is -0.475 e. The van der Waals surface area contributed by atoms with Crippen molar-refractivity contribution >= 4 is 27.9 Å². The number of alkyl halides is 3. The number of aromatic amines is 1. The van der Waals surface area contributed by atoms with Crippen molar-refractivity contribution in [3.05, 3.63) is 61.2 Å². The normalized spacial score (nSPS) is 11.4. The predicted molar refractivity (Wildman–Crippen MR) is 110 cm³/mol. The Bertz CT molecular complexity index is 1460. The maximum absolute atomic E-state index is 14.7. The molecule has 0 saturated heterocycles. The summed E-state index contributed by atoms with van der Waals surface area (Å²) in [7, 11) is 1.81. The van der Waals surface area contributed by atoms with E-state index in [0.29, 0.717) is 16.8 Å². The van der Waals surface area contributed by atoms with Gasteiger partial charge in [-0.2, -0.15) is 18.3 Å². The van der Waals surface area contributed by atoms with E-state index in [1.165, 1.54) is 6.20 Å². The summed E-state index contributed by atoms with van der Waals surface area (Å²) in [6, 6.07) is 5.74. The maximum atomic E-state index is 14.7. The van der Waals surface area contributed by atoms with E-state index in [0.717, 1.165) is 27.5 Å². The van der Waals surface area contributed by atoms with Crippen molar-refractivity contribution in [1.82, 2.24) is 29.7 Å². The minimum absolute atomic E-state index is 0.383. The molecule has 0 aliphatic heterocycles. The van der Waals surface area contributed by atoms with Gasteiger partial charge < -0.3 is 10.1 Å². The number of nitrogens with zero attached hydrogens (tertiary/aromatic N) is 5. The summed E-state index contributed by atoms with van der Waals surface area (Å²) < 4.78 is 48.1. The topological polar surface area (TPSA) is 110 Å². The minimum atomic E-state index is -5.08. The highest BCUT2D eigenvalue weighted by molar-refractivity contribution is 6.13. The summed E-state index contributed by atoms with van der Waals surface area (Å²) >= 11 is 0. The first-order valence-corrected chi connectivity index (χ1v) is 9.30. The van der Waals surface area contributed by atoms with Crippen LogP contribution in [0.25, 0.3) is 44.3 Å². The van der Waals surface area contributed by atoms with Gasteiger partial charge in [0.05, 0.1) is 29.8 Å². The molecule has 0 atom stereocenters. The van der Waals surface area contributed by atoms with Crippen molar-refractivity contribution in [2.24, 2.45) is 7.05 Å². The monoisotopic (exact) mass is 458 g/mol. The van der Waals surface area contributed by atoms with E-state index in [-0.39, 0.29) is 5.82 Å². The van der Waals surface area contributed by atoms with Crippen molar-refractivity contribution in [3.8, 4) is 22.4 Å². The highest BCUT2D eigenvalue weighted by atomic mass is 19.4. The molecule has 5 heterocycles. The highest BCUT2D eigenvalue weighted by Gasteiger charge is 2.38. The van der Waals surface area contributed by atoms with Gasteiger partial charge in [0.25, 0.3) is 0 Å². The SMILES string of the molecule is Cn1cc(-c2c(F)cnc3[nH]c4cnc(-c5cccnc5)cc4c23)cn1.O=C(O)C(F)(F)F. The molecular formula is C21H14F4N6O2. The molecule has 12 heteroatoms. The number of carboxylic acid groups (broad SMARTS) is 1. The molecule has 0 bridgehead atoms. The van der Waals surface area contributed by atoms with Crippen molar-refractivity contribution in [3.63, 3.8) is 0 Å². The van der Waals surface area contributed by atoms with Gasteiger partial charge in [-0.15, -0.1) is 0 Å². The third-order valence-corrected chi connectivity index (χ3v) is 4.65. The number of H-pyrrole nitrogens is 1. The van der Waals surface area contributed by atoms with Gasteiger partial charge in [-0.25, -0.2) is 14.2 Å². The number of carbonyl (C=O) groups is 1. The number of hydrogen-bond donors (Lipinski definition) is 2. The number of hydrogen-bond acceptors (Lipinski definition) is 5. The molecule has 0 aromatic carbocycles. The van der Waals surface area contributed by atoms with E-state index in [1.54, 1.807) is 42.7 Å². The van der Waals surface area contributed by atoms with Crippen LogP contribution in [0.15, 0.2) is 55.4 Å². The van der Waals surface area contributed by atoms with E-state index in [2.05, 4.69) is 25.0 Å². The number of aliphatic carboxylic acids is 1. The molecule has 0 unspecified atom stereocenters. The number of aromatic nitrogens is 6. The Morgan fingerprint density at radius 1 is 1.12 bits per heavy atom. The van der Waals surface area contributed by atoms with Crippen LogP contribution in [0.1, 0.15) is 0 Å². The van der Waals surface area contributed by atoms with E-state index >= 15 is 0 Å². The zero-order chi connectivity index (χ0) is 23.8. The fourth-order valence-corrected chi connectivity index (χ4v) is 3.24. The van der Waals surface area contributed by atoms with Crippen LogP contribution in [0, 0.1) is 5.82 Å². The smallest absolute Gasteiger partial charge is 0.475 e. The predicted octanol–water partition coefficient (Wildman–Crippen LogP) is 4.35. The number of fused-ring (bicyclic) bond motifs is 3. The first kappa shape index (κ1) is 21.9. The summed E-state index contributed by atoms with van der Waals surface area (Å²) in [5.41, 5.74) is 4.28. The lowest BCUT2D eigenvalue weighted by molar-refractivity contribution is -0.192. The third-order valence-electron chi connectivity index (χ3n) is 4.65. The van der Waals surface area contributed by atoms with Crippen LogP contribution in [0.4, 0.5) is 17.6 Å². The largest absolute Gasteiger partial charge is 0.490 e. The van der Waals surface area contributed by atoms with Gasteiger partial charge in [0.15, 0.2) is 0 Å². The van der Waals surface area contributed by atoms with Crippen LogP contribution < -0.4 is 0 Å². The molecule has 0 saturated carbocycles. The van der Waals surface area contributed by atoms with Crippen molar-refractivity contribution in [1.29, 1.82) is 0 Å². The maximum Gasteiger partial charge on any atom is 0.490 e. The van der Waals surface area contributed by atoms with Gasteiger partial charge in [-0.05, 0) is 18.2 Å². The van der Waals surface area contributed by atoms with E-state index < -0.39 is 12.1 Å². The second-order valence-corrected chi connectivity index (χ2v) is 6.89. The van der Waals surface area contributed by atoms with E-state index in [4.69, 9.17) is 9.90 Å². The summed E-state index contributed by atoms with van der Waals surface area (Å²) in [6.45, 7) is 0. The summed E-state index contributed by atoms with van der Waals surface area (Å²) in [5, 5.41) is 12.9. The number of rotatable bonds is 2. The van der Waals surface area contributed by atoms with Gasteiger partial charge in [0.1, 0.15) is 11.5 Å². The molecule has 33 heavy (non-hydrogen) atoms. The lowest BCUT2D eigenvalue weighted by Gasteiger charge is -2.04. The Kier molecular flexibility index (Phi) is 5.50. The van der Waals surface area contributed by atoms with Crippen LogP contribution in [0.2, 0.25) is 0 Å². The fourth-order valence-electron chi connectivity index (χ4n) is 3.24. The first-order valence-electron chi connectivity index (χ1n) is 9.30. The molecule has 0 aliphatic rings. The first-order chi connectivity index (χ1) is 15.6. The van der Waals surface area contributed by atoms with E-state index in [1.807, 2.05) is 18.2 Å².